The minimum Gasteiger partial charge on any atom is -0.397 e. The van der Waals surface area contributed by atoms with Crippen LogP contribution in [0.25, 0.3) is 0 Å². The molecule has 1 amide bonds. The van der Waals surface area contributed by atoms with E-state index >= 15 is 0 Å². The summed E-state index contributed by atoms with van der Waals surface area (Å²) in [6.07, 6.45) is 5.41. The van der Waals surface area contributed by atoms with Gasteiger partial charge in [0.2, 0.25) is 0 Å². The molecule has 2 rings (SSSR count). The van der Waals surface area contributed by atoms with Crippen molar-refractivity contribution in [2.24, 2.45) is 5.92 Å². The van der Waals surface area contributed by atoms with E-state index in [0.717, 1.165) is 6.54 Å². The van der Waals surface area contributed by atoms with Crippen LogP contribution in [0.4, 0.5) is 5.69 Å². The molecular weight excluding hydrogens is 178 g/mol. The number of rotatable bonds is 3. The largest absolute Gasteiger partial charge is 0.397 e. The third-order valence-electron chi connectivity index (χ3n) is 2.73. The first-order chi connectivity index (χ1) is 6.75. The lowest BCUT2D eigenvalue weighted by Crippen LogP contribution is -2.32. The van der Waals surface area contributed by atoms with Crippen LogP contribution in [0.5, 0.6) is 0 Å². The second-order valence-electron chi connectivity index (χ2n) is 3.85. The number of nitrogen functional groups attached to an aromatic ring is 1. The molecule has 1 fully saturated rings. The van der Waals surface area contributed by atoms with Crippen LogP contribution in [-0.2, 0) is 0 Å². The van der Waals surface area contributed by atoms with Gasteiger partial charge in [0.25, 0.3) is 5.91 Å². The standard InChI is InChI=1S/C10H15N3O/c11-8-4-9(12-6-8)10(14)13-5-7-2-1-3-7/h4,6-7,12H,1-3,5,11H2,(H,13,14). The van der Waals surface area contributed by atoms with Crippen molar-refractivity contribution in [1.82, 2.24) is 10.3 Å². The number of anilines is 1. The highest BCUT2D eigenvalue weighted by atomic mass is 16.1. The zero-order chi connectivity index (χ0) is 9.97. The number of H-pyrrole nitrogens is 1. The molecule has 0 aliphatic heterocycles. The molecule has 0 aromatic carbocycles. The third-order valence-corrected chi connectivity index (χ3v) is 2.73. The van der Waals surface area contributed by atoms with Gasteiger partial charge < -0.3 is 16.0 Å². The van der Waals surface area contributed by atoms with Gasteiger partial charge in [0.15, 0.2) is 0 Å². The number of amides is 1. The van der Waals surface area contributed by atoms with E-state index in [1.807, 2.05) is 0 Å². The van der Waals surface area contributed by atoms with Gasteiger partial charge in [0.1, 0.15) is 5.69 Å². The van der Waals surface area contributed by atoms with E-state index < -0.39 is 0 Å². The molecule has 14 heavy (non-hydrogen) atoms. The zero-order valence-electron chi connectivity index (χ0n) is 8.05. The van der Waals surface area contributed by atoms with Crippen LogP contribution in [-0.4, -0.2) is 17.4 Å². The maximum atomic E-state index is 11.5. The molecule has 0 unspecified atom stereocenters. The van der Waals surface area contributed by atoms with Gasteiger partial charge in [0.05, 0.1) is 0 Å². The Morgan fingerprint density at radius 3 is 2.93 bits per heavy atom. The molecule has 1 aromatic heterocycles. The maximum Gasteiger partial charge on any atom is 0.267 e. The van der Waals surface area contributed by atoms with Crippen molar-refractivity contribution in [2.45, 2.75) is 19.3 Å². The van der Waals surface area contributed by atoms with Gasteiger partial charge in [-0.25, -0.2) is 0 Å². The van der Waals surface area contributed by atoms with Crippen LogP contribution in [0.15, 0.2) is 12.3 Å². The molecule has 0 bridgehead atoms. The van der Waals surface area contributed by atoms with Gasteiger partial charge in [-0.1, -0.05) is 6.42 Å². The average molecular weight is 193 g/mol. The number of hydrogen-bond donors (Lipinski definition) is 3. The van der Waals surface area contributed by atoms with E-state index in [-0.39, 0.29) is 5.91 Å². The molecule has 0 atom stereocenters. The first-order valence-corrected chi connectivity index (χ1v) is 4.98. The summed E-state index contributed by atoms with van der Waals surface area (Å²) >= 11 is 0. The predicted molar refractivity (Wildman–Crippen MR) is 54.9 cm³/mol. The van der Waals surface area contributed by atoms with Crippen molar-refractivity contribution in [3.8, 4) is 0 Å². The summed E-state index contributed by atoms with van der Waals surface area (Å²) in [4.78, 5) is 14.3. The van der Waals surface area contributed by atoms with Crippen LogP contribution < -0.4 is 11.1 Å². The molecule has 4 nitrogen and oxygen atoms in total. The molecule has 1 aliphatic carbocycles. The fourth-order valence-electron chi connectivity index (χ4n) is 1.57. The fraction of sp³-hybridized carbons (Fsp3) is 0.500. The lowest BCUT2D eigenvalue weighted by atomic mass is 9.85. The third kappa shape index (κ3) is 1.89. The van der Waals surface area contributed by atoms with Crippen molar-refractivity contribution in [1.29, 1.82) is 0 Å². The molecule has 0 spiro atoms. The Labute approximate surface area is 82.9 Å². The van der Waals surface area contributed by atoms with Crippen LogP contribution in [0, 0.1) is 5.92 Å². The smallest absolute Gasteiger partial charge is 0.267 e. The van der Waals surface area contributed by atoms with Gasteiger partial charge >= 0.3 is 0 Å². The fourth-order valence-corrected chi connectivity index (χ4v) is 1.57. The minimum atomic E-state index is -0.0615. The van der Waals surface area contributed by atoms with Crippen LogP contribution >= 0.6 is 0 Å². The van der Waals surface area contributed by atoms with Crippen molar-refractivity contribution in [3.63, 3.8) is 0 Å². The number of carbonyl (C=O) groups is 1. The summed E-state index contributed by atoms with van der Waals surface area (Å²) in [6, 6.07) is 1.65. The Bertz CT molecular complexity index is 328. The highest BCUT2D eigenvalue weighted by Gasteiger charge is 2.18. The second-order valence-corrected chi connectivity index (χ2v) is 3.85. The van der Waals surface area contributed by atoms with E-state index in [2.05, 4.69) is 10.3 Å². The predicted octanol–water partition coefficient (Wildman–Crippen LogP) is 1.13. The lowest BCUT2D eigenvalue weighted by Gasteiger charge is -2.25. The van der Waals surface area contributed by atoms with Crippen LogP contribution in [0.1, 0.15) is 29.8 Å². The highest BCUT2D eigenvalue weighted by molar-refractivity contribution is 5.93. The second kappa shape index (κ2) is 3.74. The quantitative estimate of drug-likeness (QED) is 0.673. The van der Waals surface area contributed by atoms with Gasteiger partial charge in [0, 0.05) is 18.4 Å². The number of nitrogens with two attached hydrogens (primary N) is 1. The molecule has 1 aliphatic rings. The molecule has 76 valence electrons. The summed E-state index contributed by atoms with van der Waals surface area (Å²) < 4.78 is 0. The van der Waals surface area contributed by atoms with Gasteiger partial charge in [-0.3, -0.25) is 4.79 Å². The Kier molecular flexibility index (Phi) is 2.43. The Morgan fingerprint density at radius 2 is 2.43 bits per heavy atom. The van der Waals surface area contributed by atoms with Crippen LogP contribution in [0.3, 0.4) is 0 Å². The summed E-state index contributed by atoms with van der Waals surface area (Å²) in [5.41, 5.74) is 6.64. The van der Waals surface area contributed by atoms with E-state index in [4.69, 9.17) is 5.73 Å². The molecule has 0 radical (unpaired) electrons. The molecule has 1 aromatic rings. The van der Waals surface area contributed by atoms with Gasteiger partial charge in [-0.15, -0.1) is 0 Å². The number of hydrogen-bond acceptors (Lipinski definition) is 2. The van der Waals surface area contributed by atoms with E-state index in [1.54, 1.807) is 12.3 Å². The SMILES string of the molecule is Nc1c[nH]c(C(=O)NCC2CCC2)c1. The summed E-state index contributed by atoms with van der Waals surface area (Å²) in [7, 11) is 0. The maximum absolute atomic E-state index is 11.5. The monoisotopic (exact) mass is 193 g/mol. The Morgan fingerprint density at radius 1 is 1.64 bits per heavy atom. The molecular formula is C10H15N3O. The van der Waals surface area contributed by atoms with Gasteiger partial charge in [-0.2, -0.15) is 0 Å². The minimum absolute atomic E-state index is 0.0615. The van der Waals surface area contributed by atoms with E-state index in [1.165, 1.54) is 19.3 Å². The van der Waals surface area contributed by atoms with Gasteiger partial charge in [-0.05, 0) is 24.8 Å². The van der Waals surface area contributed by atoms with Crippen molar-refractivity contribution in [3.05, 3.63) is 18.0 Å². The molecule has 4 heteroatoms. The number of carbonyl (C=O) groups excluding carboxylic acids is 1. The first kappa shape index (κ1) is 9.12. The van der Waals surface area contributed by atoms with E-state index in [0.29, 0.717) is 17.3 Å². The topological polar surface area (TPSA) is 70.9 Å². The van der Waals surface area contributed by atoms with E-state index in [9.17, 15) is 4.79 Å². The first-order valence-electron chi connectivity index (χ1n) is 4.98. The molecule has 1 saturated carbocycles. The number of aromatic nitrogens is 1. The van der Waals surface area contributed by atoms with Crippen molar-refractivity contribution in [2.75, 3.05) is 12.3 Å². The Balaban J connectivity index is 1.82. The number of aromatic amines is 1. The lowest BCUT2D eigenvalue weighted by molar-refractivity contribution is 0.0934. The normalized spacial score (nSPS) is 16.3. The molecule has 4 N–H and O–H groups in total. The van der Waals surface area contributed by atoms with Crippen molar-refractivity contribution < 1.29 is 4.79 Å². The molecule has 0 saturated heterocycles. The van der Waals surface area contributed by atoms with Crippen LogP contribution in [0.2, 0.25) is 0 Å². The van der Waals surface area contributed by atoms with Crippen molar-refractivity contribution >= 4 is 11.6 Å². The summed E-state index contributed by atoms with van der Waals surface area (Å²) in [5, 5.41) is 2.89. The Hall–Kier alpha value is -1.45. The number of nitrogens with one attached hydrogen (secondary N) is 2. The average Bonchev–Trinajstić information content (AvgIpc) is 2.49. The zero-order valence-corrected chi connectivity index (χ0v) is 8.05. The summed E-state index contributed by atoms with van der Waals surface area (Å²) in [5.74, 6) is 0.625. The summed E-state index contributed by atoms with van der Waals surface area (Å²) in [6.45, 7) is 0.789. The highest BCUT2D eigenvalue weighted by Crippen LogP contribution is 2.25. The molecule has 1 heterocycles.